The molecule has 0 bridgehead atoms. The van der Waals surface area contributed by atoms with Crippen LogP contribution >= 0.6 is 35.7 Å². The van der Waals surface area contributed by atoms with Crippen molar-refractivity contribution in [3.05, 3.63) is 72.8 Å². The van der Waals surface area contributed by atoms with E-state index in [-0.39, 0.29) is 24.0 Å². The average molecular weight is 522 g/mol. The molecule has 2 aromatic carbocycles. The first-order valence-corrected chi connectivity index (χ1v) is 10.3. The van der Waals surface area contributed by atoms with Crippen LogP contribution in [0.3, 0.4) is 0 Å². The molecule has 0 radical (unpaired) electrons. The first kappa shape index (κ1) is 23.2. The maximum absolute atomic E-state index is 4.68. The molecule has 1 aromatic heterocycles. The minimum atomic E-state index is 0. The Bertz CT molecular complexity index is 869. The normalized spacial score (nSPS) is 12.1. The Balaban J connectivity index is 0.00000300. The number of aromatic nitrogens is 3. The Morgan fingerprint density at radius 2 is 1.76 bits per heavy atom. The van der Waals surface area contributed by atoms with Crippen LogP contribution in [-0.2, 0) is 6.54 Å². The lowest BCUT2D eigenvalue weighted by Gasteiger charge is -2.15. The Labute approximate surface area is 193 Å². The Morgan fingerprint density at radius 1 is 1.07 bits per heavy atom. The molecule has 0 aliphatic rings. The molecule has 1 atom stereocenters. The van der Waals surface area contributed by atoms with E-state index in [2.05, 4.69) is 63.9 Å². The molecule has 6 nitrogen and oxygen atoms in total. The van der Waals surface area contributed by atoms with Crippen molar-refractivity contribution in [3.63, 3.8) is 0 Å². The largest absolute Gasteiger partial charge is 0.357 e. The number of rotatable bonds is 8. The summed E-state index contributed by atoms with van der Waals surface area (Å²) in [6.07, 6.45) is 1.72. The number of guanidine groups is 1. The summed E-state index contributed by atoms with van der Waals surface area (Å²) in [5.41, 5.74) is 1.03. The van der Waals surface area contributed by atoms with Crippen LogP contribution in [0.15, 0.2) is 76.9 Å². The van der Waals surface area contributed by atoms with Crippen LogP contribution < -0.4 is 10.6 Å². The summed E-state index contributed by atoms with van der Waals surface area (Å²) in [6, 6.07) is 20.5. The molecule has 3 rings (SSSR count). The van der Waals surface area contributed by atoms with Crippen molar-refractivity contribution in [1.29, 1.82) is 0 Å². The molecule has 1 unspecified atom stereocenters. The predicted molar refractivity (Wildman–Crippen MR) is 131 cm³/mol. The lowest BCUT2D eigenvalue weighted by Crippen LogP contribution is -2.40. The van der Waals surface area contributed by atoms with E-state index in [0.29, 0.717) is 11.8 Å². The smallest absolute Gasteiger partial charge is 0.191 e. The number of para-hydroxylation sites is 1. The van der Waals surface area contributed by atoms with Gasteiger partial charge in [0, 0.05) is 28.9 Å². The number of halogens is 1. The SMILES string of the molecule is CCNC(=NCc1nncn1-c1ccccc1)NCC(C)Sc1ccccc1.I. The lowest BCUT2D eigenvalue weighted by atomic mass is 10.3. The van der Waals surface area contributed by atoms with Crippen molar-refractivity contribution in [1.82, 2.24) is 25.4 Å². The van der Waals surface area contributed by atoms with Gasteiger partial charge >= 0.3 is 0 Å². The van der Waals surface area contributed by atoms with Crippen LogP contribution in [0.2, 0.25) is 0 Å². The second-order valence-corrected chi connectivity index (χ2v) is 7.78. The lowest BCUT2D eigenvalue weighted by molar-refractivity contribution is 0.780. The zero-order chi connectivity index (χ0) is 19.6. The van der Waals surface area contributed by atoms with Gasteiger partial charge in [-0.1, -0.05) is 43.3 Å². The highest BCUT2D eigenvalue weighted by atomic mass is 127. The highest BCUT2D eigenvalue weighted by molar-refractivity contribution is 14.0. The van der Waals surface area contributed by atoms with Crippen LogP contribution in [-0.4, -0.2) is 39.1 Å². The molecular formula is C21H27IN6S. The zero-order valence-electron chi connectivity index (χ0n) is 16.7. The van der Waals surface area contributed by atoms with Gasteiger partial charge in [0.05, 0.1) is 0 Å². The molecule has 0 spiro atoms. The van der Waals surface area contributed by atoms with E-state index in [4.69, 9.17) is 0 Å². The number of benzene rings is 2. The number of aliphatic imine (C=N–C) groups is 1. The molecule has 29 heavy (non-hydrogen) atoms. The standard InChI is InChI=1S/C21H26N6S.HI/c1-3-22-21(23-14-17(2)28-19-12-8-5-9-13-19)24-15-20-26-25-16-27(20)18-10-6-4-7-11-18;/h4-13,16-17H,3,14-15H2,1-2H3,(H2,22,23,24);1H. The van der Waals surface area contributed by atoms with Gasteiger partial charge in [-0.3, -0.25) is 4.57 Å². The predicted octanol–water partition coefficient (Wildman–Crippen LogP) is 4.12. The molecule has 0 amide bonds. The van der Waals surface area contributed by atoms with Crippen molar-refractivity contribution >= 4 is 41.7 Å². The zero-order valence-corrected chi connectivity index (χ0v) is 19.8. The van der Waals surface area contributed by atoms with Crippen LogP contribution in [0.1, 0.15) is 19.7 Å². The summed E-state index contributed by atoms with van der Waals surface area (Å²) >= 11 is 1.85. The summed E-state index contributed by atoms with van der Waals surface area (Å²) in [7, 11) is 0. The summed E-state index contributed by atoms with van der Waals surface area (Å²) in [5, 5.41) is 15.4. The fraction of sp³-hybridized carbons (Fsp3) is 0.286. The minimum absolute atomic E-state index is 0. The molecule has 0 saturated carbocycles. The Kier molecular flexibility index (Phi) is 9.99. The summed E-state index contributed by atoms with van der Waals surface area (Å²) in [6.45, 7) is 6.34. The van der Waals surface area contributed by atoms with Crippen molar-refractivity contribution in [2.75, 3.05) is 13.1 Å². The van der Waals surface area contributed by atoms with Crippen LogP contribution in [0.5, 0.6) is 0 Å². The van der Waals surface area contributed by atoms with Crippen molar-refractivity contribution in [2.45, 2.75) is 30.5 Å². The molecule has 0 aliphatic carbocycles. The molecule has 154 valence electrons. The molecule has 3 aromatic rings. The molecule has 0 saturated heterocycles. The van der Waals surface area contributed by atoms with Crippen molar-refractivity contribution in [2.24, 2.45) is 4.99 Å². The van der Waals surface area contributed by atoms with Crippen LogP contribution in [0.4, 0.5) is 0 Å². The van der Waals surface area contributed by atoms with Gasteiger partial charge < -0.3 is 10.6 Å². The summed E-state index contributed by atoms with van der Waals surface area (Å²) < 4.78 is 1.96. The van der Waals surface area contributed by atoms with E-state index in [9.17, 15) is 0 Å². The number of nitrogens with one attached hydrogen (secondary N) is 2. The number of hydrogen-bond acceptors (Lipinski definition) is 4. The fourth-order valence-corrected chi connectivity index (χ4v) is 3.62. The number of thioether (sulfide) groups is 1. The first-order chi connectivity index (χ1) is 13.8. The van der Waals surface area contributed by atoms with Gasteiger partial charge in [0.15, 0.2) is 11.8 Å². The highest BCUT2D eigenvalue weighted by Crippen LogP contribution is 2.21. The molecule has 2 N–H and O–H groups in total. The van der Waals surface area contributed by atoms with Crippen molar-refractivity contribution < 1.29 is 0 Å². The maximum atomic E-state index is 4.68. The Morgan fingerprint density at radius 3 is 2.45 bits per heavy atom. The van der Waals surface area contributed by atoms with Gasteiger partial charge in [-0.25, -0.2) is 4.99 Å². The molecule has 1 heterocycles. The van der Waals surface area contributed by atoms with E-state index < -0.39 is 0 Å². The van der Waals surface area contributed by atoms with E-state index in [1.54, 1.807) is 6.33 Å². The highest BCUT2D eigenvalue weighted by Gasteiger charge is 2.08. The average Bonchev–Trinajstić information content (AvgIpc) is 3.20. The summed E-state index contributed by atoms with van der Waals surface area (Å²) in [5.74, 6) is 1.58. The van der Waals surface area contributed by atoms with Crippen LogP contribution in [0, 0.1) is 0 Å². The van der Waals surface area contributed by atoms with Crippen LogP contribution in [0.25, 0.3) is 5.69 Å². The Hall–Kier alpha value is -2.07. The minimum Gasteiger partial charge on any atom is -0.357 e. The van der Waals surface area contributed by atoms with Gasteiger partial charge in [-0.2, -0.15) is 0 Å². The van der Waals surface area contributed by atoms with Gasteiger partial charge in [-0.05, 0) is 31.2 Å². The third-order valence-electron chi connectivity index (χ3n) is 4.01. The van der Waals surface area contributed by atoms with E-state index in [1.165, 1.54) is 4.90 Å². The molecule has 0 fully saturated rings. The van der Waals surface area contributed by atoms with Crippen molar-refractivity contribution in [3.8, 4) is 5.69 Å². The fourth-order valence-electron chi connectivity index (χ4n) is 2.68. The third-order valence-corrected chi connectivity index (χ3v) is 5.13. The second-order valence-electron chi connectivity index (χ2n) is 6.27. The first-order valence-electron chi connectivity index (χ1n) is 9.44. The maximum Gasteiger partial charge on any atom is 0.191 e. The number of nitrogens with zero attached hydrogens (tertiary/aromatic N) is 4. The van der Waals surface area contributed by atoms with E-state index >= 15 is 0 Å². The molecular weight excluding hydrogens is 495 g/mol. The topological polar surface area (TPSA) is 67.1 Å². The van der Waals surface area contributed by atoms with Gasteiger partial charge in [0.1, 0.15) is 12.9 Å². The van der Waals surface area contributed by atoms with E-state index in [1.807, 2.05) is 52.7 Å². The monoisotopic (exact) mass is 522 g/mol. The second kappa shape index (κ2) is 12.5. The quantitative estimate of drug-likeness (QED) is 0.202. The van der Waals surface area contributed by atoms with Gasteiger partial charge in [0.2, 0.25) is 0 Å². The van der Waals surface area contributed by atoms with E-state index in [0.717, 1.165) is 30.6 Å². The summed E-state index contributed by atoms with van der Waals surface area (Å²) in [4.78, 5) is 5.96. The van der Waals surface area contributed by atoms with Gasteiger partial charge in [-0.15, -0.1) is 45.9 Å². The van der Waals surface area contributed by atoms with Gasteiger partial charge in [0.25, 0.3) is 0 Å². The molecule has 0 aliphatic heterocycles. The number of hydrogen-bond donors (Lipinski definition) is 2. The third kappa shape index (κ3) is 7.36. The molecule has 8 heteroatoms.